The smallest absolute Gasteiger partial charge is 0.162 e. The van der Waals surface area contributed by atoms with Crippen molar-refractivity contribution in [3.8, 4) is 11.5 Å². The van der Waals surface area contributed by atoms with Gasteiger partial charge in [0.15, 0.2) is 11.5 Å². The van der Waals surface area contributed by atoms with Gasteiger partial charge in [-0.05, 0) is 30.9 Å². The highest BCUT2D eigenvalue weighted by molar-refractivity contribution is 5.94. The molecule has 4 heteroatoms. The summed E-state index contributed by atoms with van der Waals surface area (Å²) in [4.78, 5) is 6.96. The quantitative estimate of drug-likeness (QED) is 0.858. The second-order valence-electron chi connectivity index (χ2n) is 5.89. The fraction of sp³-hybridized carbons (Fsp3) is 0.500. The van der Waals surface area contributed by atoms with Crippen LogP contribution in [0, 0.1) is 5.92 Å². The molecule has 0 amide bonds. The highest BCUT2D eigenvalue weighted by Gasteiger charge is 2.20. The molecule has 0 radical (unpaired) electrons. The van der Waals surface area contributed by atoms with Crippen LogP contribution in [-0.2, 0) is 0 Å². The number of anilines is 1. The lowest BCUT2D eigenvalue weighted by atomic mass is 9.94. The van der Waals surface area contributed by atoms with E-state index < -0.39 is 0 Å². The minimum atomic E-state index is 0.726. The van der Waals surface area contributed by atoms with E-state index in [2.05, 4.69) is 22.9 Å². The summed E-state index contributed by atoms with van der Waals surface area (Å²) >= 11 is 0. The van der Waals surface area contributed by atoms with Crippen LogP contribution in [-0.4, -0.2) is 32.3 Å². The van der Waals surface area contributed by atoms with Gasteiger partial charge in [0.05, 0.1) is 19.7 Å². The van der Waals surface area contributed by atoms with Gasteiger partial charge in [-0.2, -0.15) is 0 Å². The highest BCUT2D eigenvalue weighted by atomic mass is 16.5. The molecule has 4 nitrogen and oxygen atoms in total. The van der Waals surface area contributed by atoms with Crippen molar-refractivity contribution in [2.45, 2.75) is 26.2 Å². The van der Waals surface area contributed by atoms with Gasteiger partial charge in [0.1, 0.15) is 0 Å². The lowest BCUT2D eigenvalue weighted by Crippen LogP contribution is -2.33. The lowest BCUT2D eigenvalue weighted by Gasteiger charge is -2.34. The molecular weight excluding hydrogens is 276 g/mol. The van der Waals surface area contributed by atoms with Crippen LogP contribution >= 0.6 is 0 Å². The van der Waals surface area contributed by atoms with E-state index in [9.17, 15) is 0 Å². The van der Waals surface area contributed by atoms with Gasteiger partial charge in [-0.25, -0.2) is 0 Å². The van der Waals surface area contributed by atoms with Crippen molar-refractivity contribution in [2.75, 3.05) is 32.2 Å². The zero-order valence-corrected chi connectivity index (χ0v) is 13.6. The van der Waals surface area contributed by atoms with Gasteiger partial charge in [-0.1, -0.05) is 13.3 Å². The van der Waals surface area contributed by atoms with Gasteiger partial charge < -0.3 is 14.4 Å². The Labute approximate surface area is 132 Å². The fourth-order valence-electron chi connectivity index (χ4n) is 3.32. The maximum atomic E-state index is 5.45. The van der Waals surface area contributed by atoms with E-state index in [4.69, 9.17) is 9.47 Å². The number of hydrogen-bond donors (Lipinski definition) is 0. The number of aromatic nitrogens is 1. The number of benzene rings is 1. The van der Waals surface area contributed by atoms with Crippen molar-refractivity contribution in [2.24, 2.45) is 5.92 Å². The van der Waals surface area contributed by atoms with Gasteiger partial charge in [-0.15, -0.1) is 0 Å². The summed E-state index contributed by atoms with van der Waals surface area (Å²) in [5.41, 5.74) is 2.20. The molecule has 1 fully saturated rings. The Balaban J connectivity index is 1.99. The minimum absolute atomic E-state index is 0.726. The molecule has 0 aliphatic carbocycles. The second-order valence-corrected chi connectivity index (χ2v) is 5.89. The average Bonchev–Trinajstić information content (AvgIpc) is 2.60. The molecule has 1 saturated heterocycles. The predicted octanol–water partition coefficient (Wildman–Crippen LogP) is 3.88. The molecule has 22 heavy (non-hydrogen) atoms. The van der Waals surface area contributed by atoms with Gasteiger partial charge in [0, 0.05) is 36.4 Å². The predicted molar refractivity (Wildman–Crippen MR) is 90.1 cm³/mol. The first-order chi connectivity index (χ1) is 10.8. The molecule has 2 heterocycles. The number of fused-ring (bicyclic) bond motifs is 1. The zero-order valence-electron chi connectivity index (χ0n) is 13.6. The van der Waals surface area contributed by atoms with E-state index in [1.807, 2.05) is 18.3 Å². The van der Waals surface area contributed by atoms with E-state index in [0.29, 0.717) is 0 Å². The SMILES string of the molecule is CCC1CCN(c2ccnc3cc(OC)c(OC)cc23)CC1. The molecule has 1 aliphatic rings. The molecule has 1 aliphatic heterocycles. The van der Waals surface area contributed by atoms with Crippen LogP contribution in [0.5, 0.6) is 11.5 Å². The van der Waals surface area contributed by atoms with E-state index in [1.54, 1.807) is 14.2 Å². The molecule has 3 rings (SSSR count). The lowest BCUT2D eigenvalue weighted by molar-refractivity contribution is 0.355. The Morgan fingerprint density at radius 2 is 1.82 bits per heavy atom. The molecule has 0 atom stereocenters. The normalized spacial score (nSPS) is 16.0. The number of pyridine rings is 1. The maximum Gasteiger partial charge on any atom is 0.162 e. The Hall–Kier alpha value is -1.97. The summed E-state index contributed by atoms with van der Waals surface area (Å²) in [7, 11) is 3.33. The molecule has 118 valence electrons. The largest absolute Gasteiger partial charge is 0.493 e. The molecule has 0 spiro atoms. The van der Waals surface area contributed by atoms with E-state index in [0.717, 1.165) is 41.4 Å². The summed E-state index contributed by atoms with van der Waals surface area (Å²) in [5.74, 6) is 2.36. The molecule has 1 aromatic carbocycles. The third kappa shape index (κ3) is 2.70. The molecule has 0 bridgehead atoms. The minimum Gasteiger partial charge on any atom is -0.493 e. The Bertz CT molecular complexity index is 649. The summed E-state index contributed by atoms with van der Waals surface area (Å²) in [6.45, 7) is 4.53. The number of ether oxygens (including phenoxy) is 2. The maximum absolute atomic E-state index is 5.45. The van der Waals surface area contributed by atoms with Crippen LogP contribution in [0.1, 0.15) is 26.2 Å². The second kappa shape index (κ2) is 6.42. The average molecular weight is 300 g/mol. The van der Waals surface area contributed by atoms with Gasteiger partial charge >= 0.3 is 0 Å². The van der Waals surface area contributed by atoms with Crippen LogP contribution in [0.2, 0.25) is 0 Å². The first kappa shape index (κ1) is 14.9. The molecule has 1 aromatic heterocycles. The molecule has 0 saturated carbocycles. The molecule has 0 N–H and O–H groups in total. The Kier molecular flexibility index (Phi) is 4.36. The number of methoxy groups -OCH3 is 2. The first-order valence-corrected chi connectivity index (χ1v) is 8.02. The van der Waals surface area contributed by atoms with Crippen LogP contribution < -0.4 is 14.4 Å². The van der Waals surface area contributed by atoms with Crippen LogP contribution in [0.25, 0.3) is 10.9 Å². The summed E-state index contributed by atoms with van der Waals surface area (Å²) in [6, 6.07) is 6.11. The zero-order chi connectivity index (χ0) is 15.5. The van der Waals surface area contributed by atoms with Crippen molar-refractivity contribution < 1.29 is 9.47 Å². The van der Waals surface area contributed by atoms with Gasteiger partial charge in [0.2, 0.25) is 0 Å². The van der Waals surface area contributed by atoms with Gasteiger partial charge in [-0.3, -0.25) is 4.98 Å². The summed E-state index contributed by atoms with van der Waals surface area (Å²) in [5, 5.41) is 1.13. The van der Waals surface area contributed by atoms with Crippen LogP contribution in [0.15, 0.2) is 24.4 Å². The van der Waals surface area contributed by atoms with E-state index in [1.165, 1.54) is 24.9 Å². The monoisotopic (exact) mass is 300 g/mol. The third-order valence-corrected chi connectivity index (χ3v) is 4.76. The van der Waals surface area contributed by atoms with Gasteiger partial charge in [0.25, 0.3) is 0 Å². The van der Waals surface area contributed by atoms with E-state index in [-0.39, 0.29) is 0 Å². The van der Waals surface area contributed by atoms with Crippen molar-refractivity contribution in [3.05, 3.63) is 24.4 Å². The number of rotatable bonds is 4. The van der Waals surface area contributed by atoms with Crippen LogP contribution in [0.3, 0.4) is 0 Å². The molecular formula is C18H24N2O2. The van der Waals surface area contributed by atoms with Crippen LogP contribution in [0.4, 0.5) is 5.69 Å². The summed E-state index contributed by atoms with van der Waals surface area (Å²) in [6.07, 6.45) is 5.71. The van der Waals surface area contributed by atoms with Crippen molar-refractivity contribution in [3.63, 3.8) is 0 Å². The molecule has 2 aromatic rings. The highest BCUT2D eigenvalue weighted by Crippen LogP contribution is 2.36. The third-order valence-electron chi connectivity index (χ3n) is 4.76. The molecule has 0 unspecified atom stereocenters. The van der Waals surface area contributed by atoms with Crippen molar-refractivity contribution >= 4 is 16.6 Å². The summed E-state index contributed by atoms with van der Waals surface area (Å²) < 4.78 is 10.8. The first-order valence-electron chi connectivity index (χ1n) is 8.02. The van der Waals surface area contributed by atoms with E-state index >= 15 is 0 Å². The van der Waals surface area contributed by atoms with Crippen molar-refractivity contribution in [1.82, 2.24) is 4.98 Å². The number of hydrogen-bond acceptors (Lipinski definition) is 4. The Morgan fingerprint density at radius 1 is 1.14 bits per heavy atom. The Morgan fingerprint density at radius 3 is 2.45 bits per heavy atom. The number of nitrogens with zero attached hydrogens (tertiary/aromatic N) is 2. The topological polar surface area (TPSA) is 34.6 Å². The standard InChI is InChI=1S/C18H24N2O2/c1-4-13-6-9-20(10-7-13)16-5-8-19-15-12-18(22-3)17(21-2)11-14(15)16/h5,8,11-13H,4,6-7,9-10H2,1-3H3. The fourth-order valence-corrected chi connectivity index (χ4v) is 3.32. The van der Waals surface area contributed by atoms with Crippen molar-refractivity contribution in [1.29, 1.82) is 0 Å². The number of piperidine rings is 1.